The number of rotatable bonds is 8. The van der Waals surface area contributed by atoms with E-state index in [1.54, 1.807) is 0 Å². The Labute approximate surface area is 149 Å². The van der Waals surface area contributed by atoms with Gasteiger partial charge in [-0.05, 0) is 40.5 Å². The van der Waals surface area contributed by atoms with Gasteiger partial charge in [0.05, 0.1) is 0 Å². The summed E-state index contributed by atoms with van der Waals surface area (Å²) in [6.07, 6.45) is 5.16. The fourth-order valence-electron chi connectivity index (χ4n) is 3.35. The number of hydrogen-bond acceptors (Lipinski definition) is 0. The molecule has 0 unspecified atom stereocenters. The van der Waals surface area contributed by atoms with Crippen LogP contribution in [0.4, 0.5) is 0 Å². The lowest BCUT2D eigenvalue weighted by Crippen LogP contribution is -2.03. The molecular formula is C24H34. The van der Waals surface area contributed by atoms with Crippen LogP contribution in [0.3, 0.4) is 0 Å². The summed E-state index contributed by atoms with van der Waals surface area (Å²) in [4.78, 5) is 0. The Bertz CT molecular complexity index is 535. The van der Waals surface area contributed by atoms with Crippen LogP contribution in [-0.2, 0) is 0 Å². The van der Waals surface area contributed by atoms with Crippen molar-refractivity contribution in [2.45, 2.75) is 78.1 Å². The Kier molecular flexibility index (Phi) is 7.09. The Balaban J connectivity index is 2.26. The van der Waals surface area contributed by atoms with Gasteiger partial charge in [-0.3, -0.25) is 0 Å². The van der Waals surface area contributed by atoms with Gasteiger partial charge < -0.3 is 0 Å². The lowest BCUT2D eigenvalue weighted by atomic mass is 9.85. The first-order chi connectivity index (χ1) is 11.5. The van der Waals surface area contributed by atoms with Crippen molar-refractivity contribution in [1.82, 2.24) is 0 Å². The molecule has 130 valence electrons. The molecule has 0 heteroatoms. The topological polar surface area (TPSA) is 0 Å². The van der Waals surface area contributed by atoms with Gasteiger partial charge in [0.2, 0.25) is 0 Å². The van der Waals surface area contributed by atoms with E-state index in [0.29, 0.717) is 17.8 Å². The average Bonchev–Trinajstić information content (AvgIpc) is 2.59. The molecule has 0 saturated heterocycles. The third-order valence-electron chi connectivity index (χ3n) is 5.11. The van der Waals surface area contributed by atoms with E-state index in [2.05, 4.69) is 83.1 Å². The van der Waals surface area contributed by atoms with Gasteiger partial charge in [-0.15, -0.1) is 0 Å². The highest BCUT2D eigenvalue weighted by molar-refractivity contribution is 5.36. The third-order valence-corrected chi connectivity index (χ3v) is 5.11. The number of unbranched alkanes of at least 4 members (excludes halogenated alkanes) is 2. The first-order valence-corrected chi connectivity index (χ1v) is 9.72. The monoisotopic (exact) mass is 322 g/mol. The lowest BCUT2D eigenvalue weighted by Gasteiger charge is -2.20. The first kappa shape index (κ1) is 18.8. The molecule has 0 aromatic heterocycles. The molecule has 0 aliphatic carbocycles. The smallest absolute Gasteiger partial charge is 0.00893 e. The lowest BCUT2D eigenvalue weighted by molar-refractivity contribution is 0.618. The van der Waals surface area contributed by atoms with E-state index < -0.39 is 0 Å². The molecule has 0 spiro atoms. The van der Waals surface area contributed by atoms with E-state index in [0.717, 1.165) is 0 Å². The van der Waals surface area contributed by atoms with Gasteiger partial charge in [-0.2, -0.15) is 0 Å². The molecule has 0 aliphatic heterocycles. The largest absolute Gasteiger partial charge is 0.0654 e. The minimum absolute atomic E-state index is 0.527. The Morgan fingerprint density at radius 3 is 1.29 bits per heavy atom. The minimum atomic E-state index is 0.527. The van der Waals surface area contributed by atoms with Gasteiger partial charge in [-0.1, -0.05) is 102 Å². The SMILES string of the molecule is CCCCCC(c1ccc(C(C)C)cc1)c1ccc(C(C)C)cc1. The van der Waals surface area contributed by atoms with Crippen molar-refractivity contribution >= 4 is 0 Å². The van der Waals surface area contributed by atoms with Crippen LogP contribution in [0.25, 0.3) is 0 Å². The molecule has 0 radical (unpaired) electrons. The van der Waals surface area contributed by atoms with Gasteiger partial charge in [0.1, 0.15) is 0 Å². The minimum Gasteiger partial charge on any atom is -0.0654 e. The Morgan fingerprint density at radius 2 is 0.958 bits per heavy atom. The second-order valence-corrected chi connectivity index (χ2v) is 7.69. The van der Waals surface area contributed by atoms with Gasteiger partial charge in [0.25, 0.3) is 0 Å². The number of hydrogen-bond donors (Lipinski definition) is 0. The van der Waals surface area contributed by atoms with Crippen molar-refractivity contribution in [1.29, 1.82) is 0 Å². The van der Waals surface area contributed by atoms with E-state index in [1.807, 2.05) is 0 Å². The van der Waals surface area contributed by atoms with Crippen LogP contribution < -0.4 is 0 Å². The highest BCUT2D eigenvalue weighted by atomic mass is 14.2. The third kappa shape index (κ3) is 4.97. The molecule has 0 atom stereocenters. The van der Waals surface area contributed by atoms with Crippen LogP contribution in [0.15, 0.2) is 48.5 Å². The van der Waals surface area contributed by atoms with Crippen LogP contribution in [0, 0.1) is 0 Å². The fraction of sp³-hybridized carbons (Fsp3) is 0.500. The molecule has 24 heavy (non-hydrogen) atoms. The van der Waals surface area contributed by atoms with Crippen LogP contribution >= 0.6 is 0 Å². The normalized spacial score (nSPS) is 11.7. The summed E-state index contributed by atoms with van der Waals surface area (Å²) in [7, 11) is 0. The maximum absolute atomic E-state index is 2.35. The summed E-state index contributed by atoms with van der Waals surface area (Å²) in [6.45, 7) is 11.3. The molecule has 0 aliphatic rings. The molecule has 0 heterocycles. The molecule has 0 N–H and O–H groups in total. The summed E-state index contributed by atoms with van der Waals surface area (Å²) in [5.74, 6) is 1.73. The molecule has 2 aromatic rings. The second-order valence-electron chi connectivity index (χ2n) is 7.69. The molecule has 0 bridgehead atoms. The van der Waals surface area contributed by atoms with E-state index >= 15 is 0 Å². The Morgan fingerprint density at radius 1 is 0.583 bits per heavy atom. The zero-order valence-corrected chi connectivity index (χ0v) is 16.2. The van der Waals surface area contributed by atoms with Crippen molar-refractivity contribution in [3.8, 4) is 0 Å². The van der Waals surface area contributed by atoms with E-state index in [4.69, 9.17) is 0 Å². The Hall–Kier alpha value is -1.56. The molecule has 0 saturated carbocycles. The summed E-state index contributed by atoms with van der Waals surface area (Å²) in [6, 6.07) is 18.7. The van der Waals surface area contributed by atoms with Crippen molar-refractivity contribution in [2.24, 2.45) is 0 Å². The average molecular weight is 323 g/mol. The standard InChI is InChI=1S/C24H34/c1-6-7-8-9-24(22-14-10-20(11-15-22)18(2)3)23-16-12-21(13-17-23)19(4)5/h10-19,24H,6-9H2,1-5H3. The maximum atomic E-state index is 2.35. The predicted molar refractivity (Wildman–Crippen MR) is 107 cm³/mol. The predicted octanol–water partition coefficient (Wildman–Crippen LogP) is 7.65. The quantitative estimate of drug-likeness (QED) is 0.438. The summed E-state index contributed by atoms with van der Waals surface area (Å²) >= 11 is 0. The highest BCUT2D eigenvalue weighted by Gasteiger charge is 2.14. The van der Waals surface area contributed by atoms with E-state index in [1.165, 1.54) is 47.9 Å². The molecule has 0 fully saturated rings. The van der Waals surface area contributed by atoms with Gasteiger partial charge >= 0.3 is 0 Å². The van der Waals surface area contributed by atoms with Gasteiger partial charge in [-0.25, -0.2) is 0 Å². The first-order valence-electron chi connectivity index (χ1n) is 9.72. The summed E-state index contributed by atoms with van der Waals surface area (Å²) < 4.78 is 0. The molecule has 0 nitrogen and oxygen atoms in total. The molecule has 2 aromatic carbocycles. The molecule has 0 amide bonds. The zero-order valence-electron chi connectivity index (χ0n) is 16.2. The molecular weight excluding hydrogens is 288 g/mol. The van der Waals surface area contributed by atoms with Gasteiger partial charge in [0.15, 0.2) is 0 Å². The van der Waals surface area contributed by atoms with Crippen molar-refractivity contribution in [3.05, 3.63) is 70.8 Å². The van der Waals surface area contributed by atoms with Crippen molar-refractivity contribution in [2.75, 3.05) is 0 Å². The van der Waals surface area contributed by atoms with Crippen LogP contribution in [0.2, 0.25) is 0 Å². The van der Waals surface area contributed by atoms with Crippen molar-refractivity contribution < 1.29 is 0 Å². The van der Waals surface area contributed by atoms with E-state index in [-0.39, 0.29) is 0 Å². The summed E-state index contributed by atoms with van der Waals surface area (Å²) in [5.41, 5.74) is 5.79. The van der Waals surface area contributed by atoms with Crippen molar-refractivity contribution in [3.63, 3.8) is 0 Å². The van der Waals surface area contributed by atoms with Crippen LogP contribution in [0.1, 0.15) is 100 Å². The van der Waals surface area contributed by atoms with Crippen LogP contribution in [-0.4, -0.2) is 0 Å². The highest BCUT2D eigenvalue weighted by Crippen LogP contribution is 2.32. The zero-order chi connectivity index (χ0) is 17.5. The number of benzene rings is 2. The van der Waals surface area contributed by atoms with E-state index in [9.17, 15) is 0 Å². The maximum Gasteiger partial charge on any atom is 0.00893 e. The van der Waals surface area contributed by atoms with Gasteiger partial charge in [0, 0.05) is 5.92 Å². The van der Waals surface area contributed by atoms with Crippen LogP contribution in [0.5, 0.6) is 0 Å². The second kappa shape index (κ2) is 9.06. The fourth-order valence-corrected chi connectivity index (χ4v) is 3.35. The molecule has 2 rings (SSSR count). The summed E-state index contributed by atoms with van der Waals surface area (Å²) in [5, 5.41) is 0.